The number of hydrogen-bond donors (Lipinski definition) is 1. The van der Waals surface area contributed by atoms with Crippen LogP contribution < -0.4 is 10.2 Å². The third-order valence-electron chi connectivity index (χ3n) is 4.93. The summed E-state index contributed by atoms with van der Waals surface area (Å²) >= 11 is 0. The van der Waals surface area contributed by atoms with E-state index in [4.69, 9.17) is 4.74 Å². The average molecular weight is 412 g/mol. The minimum absolute atomic E-state index is 0.0688. The second-order valence-corrected chi connectivity index (χ2v) is 7.20. The fourth-order valence-corrected chi connectivity index (χ4v) is 3.37. The van der Waals surface area contributed by atoms with Crippen LogP contribution in [0.1, 0.15) is 5.56 Å². The summed E-state index contributed by atoms with van der Waals surface area (Å²) in [6.45, 7) is 4.58. The number of nitrogens with one attached hydrogen (secondary N) is 1. The van der Waals surface area contributed by atoms with Gasteiger partial charge < -0.3 is 15.0 Å². The summed E-state index contributed by atoms with van der Waals surface area (Å²) in [4.78, 5) is 14.6. The van der Waals surface area contributed by atoms with Gasteiger partial charge in [0.25, 0.3) is 0 Å². The molecule has 1 saturated heterocycles. The maximum atomic E-state index is 13.8. The molecule has 0 saturated carbocycles. The summed E-state index contributed by atoms with van der Waals surface area (Å²) in [7, 11) is 0. The molecule has 1 aromatic heterocycles. The number of carbonyl (C=O) groups excluding carboxylic acids is 1. The topological polar surface area (TPSA) is 59.4 Å². The van der Waals surface area contributed by atoms with Crippen LogP contribution in [0.25, 0.3) is 11.1 Å². The highest BCUT2D eigenvalue weighted by atomic mass is 19.1. The number of anilines is 2. The zero-order valence-corrected chi connectivity index (χ0v) is 16.6. The molecule has 1 N–H and O–H groups in total. The van der Waals surface area contributed by atoms with E-state index in [-0.39, 0.29) is 12.2 Å². The van der Waals surface area contributed by atoms with Gasteiger partial charge >= 0.3 is 0 Å². The molecule has 1 aliphatic heterocycles. The lowest BCUT2D eigenvalue weighted by Crippen LogP contribution is -2.36. The molecule has 4 rings (SSSR count). The maximum Gasteiger partial charge on any atom is 0.246 e. The van der Waals surface area contributed by atoms with E-state index in [1.54, 1.807) is 0 Å². The molecule has 0 atom stereocenters. The smallest absolute Gasteiger partial charge is 0.246 e. The highest BCUT2D eigenvalue weighted by Gasteiger charge is 2.21. The molecule has 2 heterocycles. The molecule has 3 aromatic rings. The number of ether oxygens (including phenoxy) is 1. The van der Waals surface area contributed by atoms with Crippen LogP contribution >= 0.6 is 0 Å². The molecule has 0 unspecified atom stereocenters. The van der Waals surface area contributed by atoms with Gasteiger partial charge in [0.05, 0.1) is 18.9 Å². The number of benzene rings is 2. The zero-order chi connectivity index (χ0) is 21.1. The average Bonchev–Trinajstić information content (AvgIpc) is 3.15. The van der Waals surface area contributed by atoms with Gasteiger partial charge in [-0.05, 0) is 24.6 Å². The SMILES string of the molecule is Cc1ccc(-c2cn(CC(=O)Nc3ccc(F)cc3F)nc2N2CCOCC2)cc1. The van der Waals surface area contributed by atoms with Gasteiger partial charge in [-0.1, -0.05) is 29.8 Å². The summed E-state index contributed by atoms with van der Waals surface area (Å²) in [6.07, 6.45) is 1.82. The van der Waals surface area contributed by atoms with Crippen molar-refractivity contribution in [3.8, 4) is 11.1 Å². The zero-order valence-electron chi connectivity index (χ0n) is 16.6. The lowest BCUT2D eigenvalue weighted by atomic mass is 10.1. The van der Waals surface area contributed by atoms with Gasteiger partial charge in [-0.15, -0.1) is 0 Å². The molecular weight excluding hydrogens is 390 g/mol. The number of morpholine rings is 1. The number of halogens is 2. The molecular formula is C22H22F2N4O2. The van der Waals surface area contributed by atoms with E-state index in [0.29, 0.717) is 26.3 Å². The van der Waals surface area contributed by atoms with Crippen LogP contribution in [0.3, 0.4) is 0 Å². The summed E-state index contributed by atoms with van der Waals surface area (Å²) in [5, 5.41) is 7.09. The van der Waals surface area contributed by atoms with E-state index >= 15 is 0 Å². The second kappa shape index (κ2) is 8.62. The van der Waals surface area contributed by atoms with Gasteiger partial charge in [-0.2, -0.15) is 5.10 Å². The van der Waals surface area contributed by atoms with Crippen LogP contribution in [0.2, 0.25) is 0 Å². The van der Waals surface area contributed by atoms with E-state index in [1.165, 1.54) is 10.7 Å². The molecule has 1 aliphatic rings. The number of nitrogens with zero attached hydrogens (tertiary/aromatic N) is 3. The Bertz CT molecular complexity index is 1040. The Kier molecular flexibility index (Phi) is 5.76. The van der Waals surface area contributed by atoms with E-state index in [0.717, 1.165) is 34.6 Å². The minimum Gasteiger partial charge on any atom is -0.378 e. The van der Waals surface area contributed by atoms with Gasteiger partial charge in [-0.25, -0.2) is 8.78 Å². The van der Waals surface area contributed by atoms with E-state index in [1.807, 2.05) is 37.4 Å². The number of amides is 1. The van der Waals surface area contributed by atoms with Crippen molar-refractivity contribution in [3.05, 3.63) is 65.9 Å². The second-order valence-electron chi connectivity index (χ2n) is 7.20. The fraction of sp³-hybridized carbons (Fsp3) is 0.273. The Hall–Kier alpha value is -3.26. The molecule has 0 spiro atoms. The van der Waals surface area contributed by atoms with Crippen molar-refractivity contribution >= 4 is 17.4 Å². The van der Waals surface area contributed by atoms with Crippen molar-refractivity contribution in [3.63, 3.8) is 0 Å². The van der Waals surface area contributed by atoms with Crippen molar-refractivity contribution in [1.29, 1.82) is 0 Å². The van der Waals surface area contributed by atoms with Crippen molar-refractivity contribution < 1.29 is 18.3 Å². The molecule has 30 heavy (non-hydrogen) atoms. The molecule has 0 aliphatic carbocycles. The molecule has 0 bridgehead atoms. The predicted molar refractivity (Wildman–Crippen MR) is 110 cm³/mol. The van der Waals surface area contributed by atoms with Gasteiger partial charge in [0.1, 0.15) is 18.2 Å². The van der Waals surface area contributed by atoms with Crippen LogP contribution in [0.15, 0.2) is 48.7 Å². The Balaban J connectivity index is 1.58. The van der Waals surface area contributed by atoms with Crippen molar-refractivity contribution in [2.75, 3.05) is 36.5 Å². The van der Waals surface area contributed by atoms with E-state index < -0.39 is 17.5 Å². The number of aromatic nitrogens is 2. The molecule has 8 heteroatoms. The highest BCUT2D eigenvalue weighted by molar-refractivity contribution is 5.90. The lowest BCUT2D eigenvalue weighted by molar-refractivity contribution is -0.116. The highest BCUT2D eigenvalue weighted by Crippen LogP contribution is 2.30. The van der Waals surface area contributed by atoms with E-state index in [2.05, 4.69) is 15.3 Å². The van der Waals surface area contributed by atoms with E-state index in [9.17, 15) is 13.6 Å². The molecule has 0 radical (unpaired) electrons. The number of aryl methyl sites for hydroxylation is 1. The first kappa shape index (κ1) is 20.0. The Morgan fingerprint density at radius 2 is 1.87 bits per heavy atom. The molecule has 156 valence electrons. The molecule has 6 nitrogen and oxygen atoms in total. The van der Waals surface area contributed by atoms with Crippen LogP contribution in [-0.2, 0) is 16.1 Å². The fourth-order valence-electron chi connectivity index (χ4n) is 3.37. The predicted octanol–water partition coefficient (Wildman–Crippen LogP) is 3.61. The van der Waals surface area contributed by atoms with Gasteiger partial charge in [-0.3, -0.25) is 9.48 Å². The van der Waals surface area contributed by atoms with Gasteiger partial charge in [0.15, 0.2) is 5.82 Å². The van der Waals surface area contributed by atoms with Gasteiger partial charge in [0.2, 0.25) is 5.91 Å². The summed E-state index contributed by atoms with van der Waals surface area (Å²) < 4.78 is 33.9. The third kappa shape index (κ3) is 4.49. The number of rotatable bonds is 5. The summed E-state index contributed by atoms with van der Waals surface area (Å²) in [6, 6.07) is 11.1. The van der Waals surface area contributed by atoms with Gasteiger partial charge in [0, 0.05) is 30.9 Å². The Labute approximate surface area is 173 Å². The van der Waals surface area contributed by atoms with Crippen LogP contribution in [0, 0.1) is 18.6 Å². The number of carbonyl (C=O) groups is 1. The lowest BCUT2D eigenvalue weighted by Gasteiger charge is -2.27. The number of hydrogen-bond acceptors (Lipinski definition) is 4. The third-order valence-corrected chi connectivity index (χ3v) is 4.93. The maximum absolute atomic E-state index is 13.8. The molecule has 1 amide bonds. The Morgan fingerprint density at radius 1 is 1.13 bits per heavy atom. The molecule has 2 aromatic carbocycles. The monoisotopic (exact) mass is 412 g/mol. The van der Waals surface area contributed by atoms with Crippen molar-refractivity contribution in [2.45, 2.75) is 13.5 Å². The first-order valence-corrected chi connectivity index (χ1v) is 9.72. The van der Waals surface area contributed by atoms with Crippen molar-refractivity contribution in [2.24, 2.45) is 0 Å². The largest absolute Gasteiger partial charge is 0.378 e. The van der Waals surface area contributed by atoms with Crippen LogP contribution in [0.4, 0.5) is 20.3 Å². The first-order chi connectivity index (χ1) is 14.5. The van der Waals surface area contributed by atoms with Crippen LogP contribution in [0.5, 0.6) is 0 Å². The minimum atomic E-state index is -0.821. The Morgan fingerprint density at radius 3 is 2.57 bits per heavy atom. The molecule has 1 fully saturated rings. The summed E-state index contributed by atoms with van der Waals surface area (Å²) in [5.74, 6) is -1.19. The van der Waals surface area contributed by atoms with Crippen LogP contribution in [-0.4, -0.2) is 42.0 Å². The normalized spacial score (nSPS) is 14.0. The van der Waals surface area contributed by atoms with Crippen molar-refractivity contribution in [1.82, 2.24) is 9.78 Å². The standard InChI is InChI=1S/C22H22F2N4O2/c1-15-2-4-16(5-3-15)18-13-28(26-22(18)27-8-10-30-11-9-27)14-21(29)25-20-7-6-17(23)12-19(20)24/h2-7,12-13H,8-11,14H2,1H3,(H,25,29). The summed E-state index contributed by atoms with van der Waals surface area (Å²) in [5.41, 5.74) is 3.00. The quantitative estimate of drug-likeness (QED) is 0.696. The first-order valence-electron chi connectivity index (χ1n) is 9.72.